The van der Waals surface area contributed by atoms with Gasteiger partial charge >= 0.3 is 0 Å². The Balaban J connectivity index is 2.13. The number of nitrogens with one attached hydrogen (secondary N) is 2. The standard InChI is InChI=1S/C8H16N2/c1-2-3-4-8-7-9-5-6-10-8/h2-3,8-10H,4-7H2,1H3/b3-2+. The lowest BCUT2D eigenvalue weighted by atomic mass is 10.1. The molecule has 1 atom stereocenters. The highest BCUT2D eigenvalue weighted by molar-refractivity contribution is 4.86. The van der Waals surface area contributed by atoms with Crippen LogP contribution in [0.2, 0.25) is 0 Å². The highest BCUT2D eigenvalue weighted by Gasteiger charge is 2.08. The Morgan fingerprint density at radius 3 is 3.00 bits per heavy atom. The molecule has 2 heteroatoms. The lowest BCUT2D eigenvalue weighted by Crippen LogP contribution is -2.47. The van der Waals surface area contributed by atoms with Gasteiger partial charge in [0.2, 0.25) is 0 Å². The highest BCUT2D eigenvalue weighted by atomic mass is 15.0. The SMILES string of the molecule is C/C=C/CC1CNCCN1. The molecule has 1 saturated heterocycles. The number of hydrogen-bond donors (Lipinski definition) is 2. The fourth-order valence-electron chi connectivity index (χ4n) is 1.18. The second kappa shape index (κ2) is 4.47. The van der Waals surface area contributed by atoms with Gasteiger partial charge in [-0.2, -0.15) is 0 Å². The summed E-state index contributed by atoms with van der Waals surface area (Å²) in [6.07, 6.45) is 5.48. The van der Waals surface area contributed by atoms with E-state index in [0.717, 1.165) is 26.1 Å². The molecule has 10 heavy (non-hydrogen) atoms. The lowest BCUT2D eigenvalue weighted by molar-refractivity contribution is 0.421. The van der Waals surface area contributed by atoms with E-state index in [1.54, 1.807) is 0 Å². The monoisotopic (exact) mass is 140 g/mol. The molecule has 0 spiro atoms. The molecule has 0 aromatic heterocycles. The summed E-state index contributed by atoms with van der Waals surface area (Å²) >= 11 is 0. The van der Waals surface area contributed by atoms with Crippen molar-refractivity contribution in [3.8, 4) is 0 Å². The van der Waals surface area contributed by atoms with Gasteiger partial charge in [0.1, 0.15) is 0 Å². The average molecular weight is 140 g/mol. The van der Waals surface area contributed by atoms with Gasteiger partial charge in [0.05, 0.1) is 0 Å². The smallest absolute Gasteiger partial charge is 0.0227 e. The van der Waals surface area contributed by atoms with Crippen molar-refractivity contribution in [1.29, 1.82) is 0 Å². The third kappa shape index (κ3) is 2.50. The second-order valence-corrected chi connectivity index (χ2v) is 2.66. The van der Waals surface area contributed by atoms with Crippen molar-refractivity contribution in [3.63, 3.8) is 0 Å². The largest absolute Gasteiger partial charge is 0.314 e. The van der Waals surface area contributed by atoms with Gasteiger partial charge in [-0.05, 0) is 13.3 Å². The topological polar surface area (TPSA) is 24.1 Å². The number of rotatable bonds is 2. The molecule has 1 fully saturated rings. The molecule has 58 valence electrons. The molecule has 2 nitrogen and oxygen atoms in total. The van der Waals surface area contributed by atoms with Crippen molar-refractivity contribution in [2.75, 3.05) is 19.6 Å². The summed E-state index contributed by atoms with van der Waals surface area (Å²) < 4.78 is 0. The van der Waals surface area contributed by atoms with Crippen LogP contribution in [0.5, 0.6) is 0 Å². The van der Waals surface area contributed by atoms with Gasteiger partial charge in [-0.15, -0.1) is 0 Å². The van der Waals surface area contributed by atoms with Gasteiger partial charge in [0.15, 0.2) is 0 Å². The fraction of sp³-hybridized carbons (Fsp3) is 0.750. The van der Waals surface area contributed by atoms with Crippen LogP contribution in [0.15, 0.2) is 12.2 Å². The zero-order chi connectivity index (χ0) is 7.23. The van der Waals surface area contributed by atoms with Crippen molar-refractivity contribution in [3.05, 3.63) is 12.2 Å². The van der Waals surface area contributed by atoms with Crippen LogP contribution in [-0.4, -0.2) is 25.7 Å². The van der Waals surface area contributed by atoms with Gasteiger partial charge < -0.3 is 10.6 Å². The van der Waals surface area contributed by atoms with Crippen LogP contribution in [-0.2, 0) is 0 Å². The Morgan fingerprint density at radius 2 is 2.40 bits per heavy atom. The molecule has 1 aliphatic rings. The van der Waals surface area contributed by atoms with Crippen LogP contribution in [0.25, 0.3) is 0 Å². The van der Waals surface area contributed by atoms with E-state index in [2.05, 4.69) is 29.7 Å². The van der Waals surface area contributed by atoms with Crippen LogP contribution in [0.1, 0.15) is 13.3 Å². The first-order chi connectivity index (χ1) is 4.93. The minimum atomic E-state index is 0.657. The Labute approximate surface area is 62.7 Å². The van der Waals surface area contributed by atoms with Gasteiger partial charge in [-0.3, -0.25) is 0 Å². The van der Waals surface area contributed by atoms with E-state index in [-0.39, 0.29) is 0 Å². The molecule has 0 radical (unpaired) electrons. The molecule has 0 saturated carbocycles. The molecule has 2 N–H and O–H groups in total. The molecule has 0 amide bonds. The zero-order valence-electron chi connectivity index (χ0n) is 6.56. The van der Waals surface area contributed by atoms with E-state index in [4.69, 9.17) is 0 Å². The predicted octanol–water partition coefficient (Wildman–Crippen LogP) is 0.514. The summed E-state index contributed by atoms with van der Waals surface area (Å²) in [5.74, 6) is 0. The van der Waals surface area contributed by atoms with Crippen LogP contribution in [0, 0.1) is 0 Å². The van der Waals surface area contributed by atoms with Crippen molar-refractivity contribution >= 4 is 0 Å². The Morgan fingerprint density at radius 1 is 1.50 bits per heavy atom. The average Bonchev–Trinajstić information content (AvgIpc) is 2.03. The summed E-state index contributed by atoms with van der Waals surface area (Å²) in [5.41, 5.74) is 0. The molecule has 1 rings (SSSR count). The Bertz CT molecular complexity index is 104. The Hall–Kier alpha value is -0.340. The van der Waals surface area contributed by atoms with E-state index < -0.39 is 0 Å². The zero-order valence-corrected chi connectivity index (χ0v) is 6.56. The maximum Gasteiger partial charge on any atom is 0.0227 e. The van der Waals surface area contributed by atoms with Gasteiger partial charge in [-0.25, -0.2) is 0 Å². The van der Waals surface area contributed by atoms with E-state index in [1.807, 2.05) is 0 Å². The highest BCUT2D eigenvalue weighted by Crippen LogP contribution is 1.94. The summed E-state index contributed by atoms with van der Waals surface area (Å²) in [4.78, 5) is 0. The molecule has 0 aliphatic carbocycles. The van der Waals surface area contributed by atoms with E-state index in [9.17, 15) is 0 Å². The quantitative estimate of drug-likeness (QED) is 0.546. The third-order valence-corrected chi connectivity index (χ3v) is 1.78. The number of hydrogen-bond acceptors (Lipinski definition) is 2. The minimum Gasteiger partial charge on any atom is -0.314 e. The molecule has 0 bridgehead atoms. The molecular formula is C8H16N2. The maximum absolute atomic E-state index is 3.44. The lowest BCUT2D eigenvalue weighted by Gasteiger charge is -2.23. The van der Waals surface area contributed by atoms with Crippen molar-refractivity contribution in [2.45, 2.75) is 19.4 Å². The van der Waals surface area contributed by atoms with Crippen molar-refractivity contribution < 1.29 is 0 Å². The molecule has 0 aromatic carbocycles. The van der Waals surface area contributed by atoms with E-state index in [0.29, 0.717) is 6.04 Å². The summed E-state index contributed by atoms with van der Waals surface area (Å²) in [5, 5.41) is 6.79. The van der Waals surface area contributed by atoms with Crippen LogP contribution in [0.4, 0.5) is 0 Å². The summed E-state index contributed by atoms with van der Waals surface area (Å²) in [6.45, 7) is 5.41. The molecule has 1 aliphatic heterocycles. The first-order valence-corrected chi connectivity index (χ1v) is 3.98. The van der Waals surface area contributed by atoms with Crippen LogP contribution >= 0.6 is 0 Å². The van der Waals surface area contributed by atoms with Gasteiger partial charge in [-0.1, -0.05) is 12.2 Å². The van der Waals surface area contributed by atoms with Crippen molar-refractivity contribution in [2.24, 2.45) is 0 Å². The molecule has 1 heterocycles. The summed E-state index contributed by atoms with van der Waals surface area (Å²) in [7, 11) is 0. The van der Waals surface area contributed by atoms with Gasteiger partial charge in [0.25, 0.3) is 0 Å². The second-order valence-electron chi connectivity index (χ2n) is 2.66. The van der Waals surface area contributed by atoms with Gasteiger partial charge in [0, 0.05) is 25.7 Å². The minimum absolute atomic E-state index is 0.657. The first-order valence-electron chi connectivity index (χ1n) is 3.98. The molecule has 0 aromatic rings. The number of allylic oxidation sites excluding steroid dienone is 1. The van der Waals surface area contributed by atoms with E-state index in [1.165, 1.54) is 0 Å². The van der Waals surface area contributed by atoms with Crippen LogP contribution < -0.4 is 10.6 Å². The van der Waals surface area contributed by atoms with E-state index >= 15 is 0 Å². The summed E-state index contributed by atoms with van der Waals surface area (Å²) in [6, 6.07) is 0.657. The predicted molar refractivity (Wildman–Crippen MR) is 44.1 cm³/mol. The third-order valence-electron chi connectivity index (χ3n) is 1.78. The Kier molecular flexibility index (Phi) is 3.47. The number of piperazine rings is 1. The normalized spacial score (nSPS) is 27.5. The molecular weight excluding hydrogens is 124 g/mol. The fourth-order valence-corrected chi connectivity index (χ4v) is 1.18. The van der Waals surface area contributed by atoms with Crippen molar-refractivity contribution in [1.82, 2.24) is 10.6 Å². The maximum atomic E-state index is 3.44. The molecule has 1 unspecified atom stereocenters. The first kappa shape index (κ1) is 7.76. The van der Waals surface area contributed by atoms with Crippen LogP contribution in [0.3, 0.4) is 0 Å².